The van der Waals surface area contributed by atoms with Gasteiger partial charge >= 0.3 is 6.18 Å². The first-order valence-electron chi connectivity index (χ1n) is 9.08. The van der Waals surface area contributed by atoms with Gasteiger partial charge in [0.1, 0.15) is 11.5 Å². The molecule has 29 heavy (non-hydrogen) atoms. The molecule has 0 unspecified atom stereocenters. The molecule has 150 valence electrons. The van der Waals surface area contributed by atoms with Gasteiger partial charge in [-0.1, -0.05) is 42.8 Å². The summed E-state index contributed by atoms with van der Waals surface area (Å²) in [4.78, 5) is 12.0. The Kier molecular flexibility index (Phi) is 5.64. The van der Waals surface area contributed by atoms with Crippen LogP contribution in [0.25, 0.3) is 11.1 Å². The molecule has 0 aliphatic rings. The van der Waals surface area contributed by atoms with Gasteiger partial charge in [0.25, 0.3) is 5.91 Å². The maximum Gasteiger partial charge on any atom is 0.416 e. The topological polar surface area (TPSA) is 52.3 Å². The molecule has 0 saturated heterocycles. The summed E-state index contributed by atoms with van der Waals surface area (Å²) in [7, 11) is 0. The molecule has 0 saturated carbocycles. The van der Waals surface area contributed by atoms with E-state index in [-0.39, 0.29) is 17.1 Å². The molecule has 0 bridgehead atoms. The Bertz CT molecular complexity index is 1060. The fourth-order valence-electron chi connectivity index (χ4n) is 3.07. The Balaban J connectivity index is 2.00. The number of hydrogen-bond acceptors (Lipinski definition) is 2. The Morgan fingerprint density at radius 1 is 0.966 bits per heavy atom. The molecular formula is C23H20F3NO2. The quantitative estimate of drug-likeness (QED) is 0.561. The van der Waals surface area contributed by atoms with Crippen molar-refractivity contribution in [3.05, 3.63) is 82.9 Å². The van der Waals surface area contributed by atoms with E-state index in [2.05, 4.69) is 0 Å². The highest BCUT2D eigenvalue weighted by atomic mass is 19.4. The summed E-state index contributed by atoms with van der Waals surface area (Å²) >= 11 is 0. The van der Waals surface area contributed by atoms with Gasteiger partial charge < -0.3 is 10.5 Å². The number of nitrogens with two attached hydrogens (primary N) is 1. The number of benzene rings is 3. The van der Waals surface area contributed by atoms with Crippen molar-refractivity contribution in [3.8, 4) is 22.6 Å². The molecule has 0 spiro atoms. The second kappa shape index (κ2) is 7.99. The number of hydrogen-bond donors (Lipinski definition) is 1. The Morgan fingerprint density at radius 3 is 2.28 bits per heavy atom. The summed E-state index contributed by atoms with van der Waals surface area (Å²) in [5, 5.41) is 0. The predicted octanol–water partition coefficient (Wildman–Crippen LogP) is 6.13. The van der Waals surface area contributed by atoms with Crippen LogP contribution in [0.1, 0.15) is 34.0 Å². The molecule has 3 aromatic carbocycles. The van der Waals surface area contributed by atoms with Crippen LogP contribution in [-0.4, -0.2) is 5.91 Å². The third-order valence-corrected chi connectivity index (χ3v) is 4.59. The van der Waals surface area contributed by atoms with Crippen molar-refractivity contribution in [2.75, 3.05) is 0 Å². The van der Waals surface area contributed by atoms with Gasteiger partial charge in [0.2, 0.25) is 0 Å². The highest BCUT2D eigenvalue weighted by Crippen LogP contribution is 2.36. The minimum absolute atomic E-state index is 0.158. The number of carbonyl (C=O) groups excluding carboxylic acids is 1. The van der Waals surface area contributed by atoms with Gasteiger partial charge in [-0.15, -0.1) is 0 Å². The van der Waals surface area contributed by atoms with Crippen LogP contribution < -0.4 is 10.5 Å². The first kappa shape index (κ1) is 20.5. The average Bonchev–Trinajstić information content (AvgIpc) is 2.67. The summed E-state index contributed by atoms with van der Waals surface area (Å²) in [5.41, 5.74) is 8.11. The third kappa shape index (κ3) is 4.59. The maximum atomic E-state index is 13.0. The molecule has 2 N–H and O–H groups in total. The molecule has 0 radical (unpaired) electrons. The molecule has 0 fully saturated rings. The van der Waals surface area contributed by atoms with Crippen molar-refractivity contribution in [1.82, 2.24) is 0 Å². The SMILES string of the molecule is CCc1cc(C(F)(F)F)ccc1Oc1ccc(-c2cccc(C)c2)cc1C(N)=O. The van der Waals surface area contributed by atoms with E-state index >= 15 is 0 Å². The van der Waals surface area contributed by atoms with Crippen LogP contribution in [0, 0.1) is 6.92 Å². The number of primary amides is 1. The van der Waals surface area contributed by atoms with Crippen molar-refractivity contribution < 1.29 is 22.7 Å². The van der Waals surface area contributed by atoms with E-state index in [0.717, 1.165) is 28.8 Å². The van der Waals surface area contributed by atoms with Crippen molar-refractivity contribution in [2.24, 2.45) is 5.73 Å². The van der Waals surface area contributed by atoms with Gasteiger partial charge in [-0.3, -0.25) is 4.79 Å². The van der Waals surface area contributed by atoms with Crippen LogP contribution in [0.2, 0.25) is 0 Å². The zero-order valence-corrected chi connectivity index (χ0v) is 16.0. The van der Waals surface area contributed by atoms with E-state index in [1.807, 2.05) is 31.2 Å². The van der Waals surface area contributed by atoms with Crippen LogP contribution in [0.5, 0.6) is 11.5 Å². The van der Waals surface area contributed by atoms with Crippen molar-refractivity contribution in [2.45, 2.75) is 26.4 Å². The van der Waals surface area contributed by atoms with E-state index < -0.39 is 17.6 Å². The smallest absolute Gasteiger partial charge is 0.416 e. The molecular weight excluding hydrogens is 379 g/mol. The number of aryl methyl sites for hydroxylation is 2. The molecule has 0 aliphatic carbocycles. The zero-order chi connectivity index (χ0) is 21.2. The van der Waals surface area contributed by atoms with Crippen LogP contribution in [0.4, 0.5) is 13.2 Å². The van der Waals surface area contributed by atoms with E-state index in [4.69, 9.17) is 10.5 Å². The standard InChI is InChI=1S/C23H20F3NO2/c1-3-15-12-18(23(24,25)26)8-10-20(15)29-21-9-7-17(13-19(21)22(27)28)16-6-4-5-14(2)11-16/h4-13H,3H2,1-2H3,(H2,27,28). The number of carbonyl (C=O) groups is 1. The zero-order valence-electron chi connectivity index (χ0n) is 16.0. The minimum atomic E-state index is -4.43. The van der Waals surface area contributed by atoms with Crippen LogP contribution in [0.3, 0.4) is 0 Å². The third-order valence-electron chi connectivity index (χ3n) is 4.59. The van der Waals surface area contributed by atoms with E-state index in [1.54, 1.807) is 25.1 Å². The Hall–Kier alpha value is -3.28. The fraction of sp³-hybridized carbons (Fsp3) is 0.174. The molecule has 0 heterocycles. The monoisotopic (exact) mass is 399 g/mol. The van der Waals surface area contributed by atoms with E-state index in [0.29, 0.717) is 12.0 Å². The first-order valence-corrected chi connectivity index (χ1v) is 9.08. The van der Waals surface area contributed by atoms with Crippen LogP contribution >= 0.6 is 0 Å². The molecule has 1 amide bonds. The summed E-state index contributed by atoms with van der Waals surface area (Å²) in [6.07, 6.45) is -4.09. The molecule has 0 aromatic heterocycles. The van der Waals surface area contributed by atoms with Gasteiger partial charge in [-0.05, 0) is 60.4 Å². The van der Waals surface area contributed by atoms with Crippen molar-refractivity contribution in [1.29, 1.82) is 0 Å². The second-order valence-corrected chi connectivity index (χ2v) is 6.72. The average molecular weight is 399 g/mol. The Morgan fingerprint density at radius 2 is 1.66 bits per heavy atom. The second-order valence-electron chi connectivity index (χ2n) is 6.72. The fourth-order valence-corrected chi connectivity index (χ4v) is 3.07. The summed E-state index contributed by atoms with van der Waals surface area (Å²) in [5.74, 6) is -0.228. The highest BCUT2D eigenvalue weighted by molar-refractivity contribution is 5.97. The van der Waals surface area contributed by atoms with Crippen molar-refractivity contribution >= 4 is 5.91 Å². The van der Waals surface area contributed by atoms with Gasteiger partial charge in [0.15, 0.2) is 0 Å². The summed E-state index contributed by atoms with van der Waals surface area (Å²) in [6, 6.07) is 16.1. The van der Waals surface area contributed by atoms with Gasteiger partial charge in [0.05, 0.1) is 11.1 Å². The lowest BCUT2D eigenvalue weighted by Crippen LogP contribution is -2.12. The van der Waals surface area contributed by atoms with Gasteiger partial charge in [-0.2, -0.15) is 13.2 Å². The lowest BCUT2D eigenvalue weighted by Gasteiger charge is -2.15. The number of halogens is 3. The number of amides is 1. The largest absolute Gasteiger partial charge is 0.456 e. The predicted molar refractivity (Wildman–Crippen MR) is 106 cm³/mol. The van der Waals surface area contributed by atoms with Gasteiger partial charge in [0, 0.05) is 0 Å². The lowest BCUT2D eigenvalue weighted by atomic mass is 10.0. The van der Waals surface area contributed by atoms with E-state index in [1.165, 1.54) is 6.07 Å². The molecule has 3 rings (SSSR count). The van der Waals surface area contributed by atoms with Gasteiger partial charge in [-0.25, -0.2) is 0 Å². The highest BCUT2D eigenvalue weighted by Gasteiger charge is 2.31. The molecule has 0 atom stereocenters. The minimum Gasteiger partial charge on any atom is -0.456 e. The molecule has 0 aliphatic heterocycles. The first-order chi connectivity index (χ1) is 13.7. The molecule has 6 heteroatoms. The maximum absolute atomic E-state index is 13.0. The van der Waals surface area contributed by atoms with Crippen LogP contribution in [-0.2, 0) is 12.6 Å². The van der Waals surface area contributed by atoms with E-state index in [9.17, 15) is 18.0 Å². The number of ether oxygens (including phenoxy) is 1. The number of rotatable bonds is 5. The normalized spacial score (nSPS) is 11.3. The Labute approximate surface area is 166 Å². The summed E-state index contributed by atoms with van der Waals surface area (Å²) < 4.78 is 44.7. The molecule has 3 aromatic rings. The number of alkyl halides is 3. The lowest BCUT2D eigenvalue weighted by molar-refractivity contribution is -0.137. The molecule has 3 nitrogen and oxygen atoms in total. The summed E-state index contributed by atoms with van der Waals surface area (Å²) in [6.45, 7) is 3.70. The van der Waals surface area contributed by atoms with Crippen LogP contribution in [0.15, 0.2) is 60.7 Å². The van der Waals surface area contributed by atoms with Crippen molar-refractivity contribution in [3.63, 3.8) is 0 Å².